The zero-order chi connectivity index (χ0) is 12.3. The lowest BCUT2D eigenvalue weighted by Gasteiger charge is -2.15. The minimum atomic E-state index is 0. The first-order chi connectivity index (χ1) is 8.19. The lowest BCUT2D eigenvalue weighted by atomic mass is 10.1. The zero-order valence-corrected chi connectivity index (χ0v) is 11.6. The number of nitrogens with one attached hydrogen (secondary N) is 1. The van der Waals surface area contributed by atoms with Gasteiger partial charge in [0.2, 0.25) is 5.91 Å². The predicted molar refractivity (Wildman–Crippen MR) is 76.1 cm³/mol. The molecule has 1 aromatic carbocycles. The molecule has 2 rings (SSSR count). The molecule has 1 aromatic rings. The molecule has 0 saturated heterocycles. The van der Waals surface area contributed by atoms with Crippen molar-refractivity contribution in [1.82, 2.24) is 5.32 Å². The van der Waals surface area contributed by atoms with Crippen LogP contribution in [-0.2, 0) is 11.2 Å². The molecule has 1 amide bonds. The number of hydrogen-bond acceptors (Lipinski definition) is 2. The molecule has 3 N–H and O–H groups in total. The Hall–Kier alpha value is -0.770. The molecule has 0 radical (unpaired) electrons. The fourth-order valence-corrected chi connectivity index (χ4v) is 2.17. The molecule has 0 bridgehead atoms. The first-order valence-electron chi connectivity index (χ1n) is 5.93. The van der Waals surface area contributed by atoms with E-state index in [1.54, 1.807) is 6.07 Å². The highest BCUT2D eigenvalue weighted by atomic mass is 35.5. The summed E-state index contributed by atoms with van der Waals surface area (Å²) in [7, 11) is 0. The van der Waals surface area contributed by atoms with E-state index in [4.69, 9.17) is 17.3 Å². The van der Waals surface area contributed by atoms with Crippen LogP contribution in [0.1, 0.15) is 18.4 Å². The van der Waals surface area contributed by atoms with E-state index in [-0.39, 0.29) is 24.4 Å². The molecule has 0 heterocycles. The minimum Gasteiger partial charge on any atom is -0.352 e. The molecule has 1 aliphatic carbocycles. The summed E-state index contributed by atoms with van der Waals surface area (Å²) in [5, 5.41) is 3.65. The maximum absolute atomic E-state index is 11.8. The van der Waals surface area contributed by atoms with Crippen molar-refractivity contribution >= 4 is 29.9 Å². The molecule has 18 heavy (non-hydrogen) atoms. The third-order valence-electron chi connectivity index (χ3n) is 3.05. The summed E-state index contributed by atoms with van der Waals surface area (Å²) in [6.45, 7) is 0.520. The van der Waals surface area contributed by atoms with Gasteiger partial charge >= 0.3 is 0 Å². The smallest absolute Gasteiger partial charge is 0.224 e. The second-order valence-electron chi connectivity index (χ2n) is 4.55. The largest absolute Gasteiger partial charge is 0.352 e. The maximum atomic E-state index is 11.8. The summed E-state index contributed by atoms with van der Waals surface area (Å²) in [6.07, 6.45) is 2.72. The highest BCUT2D eigenvalue weighted by Crippen LogP contribution is 2.32. The van der Waals surface area contributed by atoms with Crippen molar-refractivity contribution in [3.05, 3.63) is 34.9 Å². The van der Waals surface area contributed by atoms with Gasteiger partial charge in [-0.05, 0) is 36.5 Å². The highest BCUT2D eigenvalue weighted by Gasteiger charge is 2.31. The van der Waals surface area contributed by atoms with Gasteiger partial charge in [-0.1, -0.05) is 23.7 Å². The molecule has 1 saturated carbocycles. The van der Waals surface area contributed by atoms with Crippen LogP contribution in [0.3, 0.4) is 0 Å². The minimum absolute atomic E-state index is 0. The lowest BCUT2D eigenvalue weighted by Crippen LogP contribution is -2.42. The summed E-state index contributed by atoms with van der Waals surface area (Å²) in [5.41, 5.74) is 6.58. The number of carbonyl (C=O) groups is 1. The number of halogens is 2. The Morgan fingerprint density at radius 3 is 2.78 bits per heavy atom. The first kappa shape index (κ1) is 15.3. The molecule has 1 unspecified atom stereocenters. The number of carbonyl (C=O) groups excluding carboxylic acids is 1. The maximum Gasteiger partial charge on any atom is 0.224 e. The average Bonchev–Trinajstić information content (AvgIpc) is 3.09. The van der Waals surface area contributed by atoms with Crippen LogP contribution in [0.2, 0.25) is 5.02 Å². The van der Waals surface area contributed by atoms with E-state index in [9.17, 15) is 4.79 Å². The van der Waals surface area contributed by atoms with Crippen LogP contribution < -0.4 is 11.1 Å². The SMILES string of the molecule is Cl.NCC(NC(=O)Cc1cccc(Cl)c1)C1CC1. The van der Waals surface area contributed by atoms with Crippen LogP contribution in [0, 0.1) is 5.92 Å². The van der Waals surface area contributed by atoms with E-state index in [1.165, 1.54) is 12.8 Å². The van der Waals surface area contributed by atoms with Crippen molar-refractivity contribution in [1.29, 1.82) is 0 Å². The first-order valence-corrected chi connectivity index (χ1v) is 6.30. The van der Waals surface area contributed by atoms with E-state index in [0.29, 0.717) is 23.9 Å². The van der Waals surface area contributed by atoms with Crippen LogP contribution >= 0.6 is 24.0 Å². The van der Waals surface area contributed by atoms with Gasteiger partial charge in [0.05, 0.1) is 6.42 Å². The van der Waals surface area contributed by atoms with Crippen molar-refractivity contribution in [2.75, 3.05) is 6.54 Å². The second kappa shape index (κ2) is 6.98. The van der Waals surface area contributed by atoms with Crippen LogP contribution in [0.25, 0.3) is 0 Å². The summed E-state index contributed by atoms with van der Waals surface area (Å²) >= 11 is 5.87. The molecular weight excluding hydrogens is 271 g/mol. The normalized spacial score (nSPS) is 15.7. The van der Waals surface area contributed by atoms with E-state index in [2.05, 4.69) is 5.32 Å². The summed E-state index contributed by atoms with van der Waals surface area (Å²) in [5.74, 6) is 0.609. The van der Waals surface area contributed by atoms with Crippen molar-refractivity contribution < 1.29 is 4.79 Å². The van der Waals surface area contributed by atoms with E-state index < -0.39 is 0 Å². The van der Waals surface area contributed by atoms with Crippen molar-refractivity contribution in [3.63, 3.8) is 0 Å². The van der Waals surface area contributed by atoms with E-state index in [1.807, 2.05) is 18.2 Å². The third-order valence-corrected chi connectivity index (χ3v) is 3.28. The number of rotatable bonds is 5. The Morgan fingerprint density at radius 2 is 2.22 bits per heavy atom. The Morgan fingerprint density at radius 1 is 1.50 bits per heavy atom. The van der Waals surface area contributed by atoms with Crippen molar-refractivity contribution in [2.24, 2.45) is 11.7 Å². The van der Waals surface area contributed by atoms with Gasteiger partial charge < -0.3 is 11.1 Å². The van der Waals surface area contributed by atoms with Gasteiger partial charge in [0, 0.05) is 17.6 Å². The lowest BCUT2D eigenvalue weighted by molar-refractivity contribution is -0.121. The molecule has 1 fully saturated rings. The van der Waals surface area contributed by atoms with Crippen LogP contribution in [0.15, 0.2) is 24.3 Å². The summed E-state index contributed by atoms with van der Waals surface area (Å²) < 4.78 is 0. The Bertz CT molecular complexity index is 408. The monoisotopic (exact) mass is 288 g/mol. The zero-order valence-electron chi connectivity index (χ0n) is 10.1. The standard InChI is InChI=1S/C13H17ClN2O.ClH/c14-11-3-1-2-9(6-11)7-13(17)16-12(8-15)10-4-5-10;/h1-3,6,10,12H,4-5,7-8,15H2,(H,16,17);1H. The summed E-state index contributed by atoms with van der Waals surface area (Å²) in [4.78, 5) is 11.8. The van der Waals surface area contributed by atoms with Crippen molar-refractivity contribution in [3.8, 4) is 0 Å². The number of hydrogen-bond donors (Lipinski definition) is 2. The quantitative estimate of drug-likeness (QED) is 0.872. The van der Waals surface area contributed by atoms with Gasteiger partial charge in [0.15, 0.2) is 0 Å². The van der Waals surface area contributed by atoms with Crippen LogP contribution in [0.5, 0.6) is 0 Å². The highest BCUT2D eigenvalue weighted by molar-refractivity contribution is 6.30. The van der Waals surface area contributed by atoms with Crippen molar-refractivity contribution in [2.45, 2.75) is 25.3 Å². The molecule has 0 aliphatic heterocycles. The third kappa shape index (κ3) is 4.48. The fourth-order valence-electron chi connectivity index (χ4n) is 1.96. The van der Waals surface area contributed by atoms with Gasteiger partial charge in [0.1, 0.15) is 0 Å². The fraction of sp³-hybridized carbons (Fsp3) is 0.462. The Labute approximate surface area is 118 Å². The number of benzene rings is 1. The average molecular weight is 289 g/mol. The van der Waals surface area contributed by atoms with E-state index in [0.717, 1.165) is 5.56 Å². The van der Waals surface area contributed by atoms with Gasteiger partial charge in [-0.15, -0.1) is 12.4 Å². The molecule has 1 atom stereocenters. The molecule has 100 valence electrons. The topological polar surface area (TPSA) is 55.1 Å². The summed E-state index contributed by atoms with van der Waals surface area (Å²) in [6, 6.07) is 7.51. The Kier molecular flexibility index (Phi) is 5.93. The Balaban J connectivity index is 0.00000162. The molecule has 0 spiro atoms. The molecule has 5 heteroatoms. The van der Waals surface area contributed by atoms with Gasteiger partial charge in [-0.3, -0.25) is 4.79 Å². The number of nitrogens with two attached hydrogens (primary N) is 1. The molecular formula is C13H18Cl2N2O. The van der Waals surface area contributed by atoms with E-state index >= 15 is 0 Å². The van der Waals surface area contributed by atoms with Gasteiger partial charge in [-0.2, -0.15) is 0 Å². The predicted octanol–water partition coefficient (Wildman–Crippen LogP) is 2.16. The van der Waals surface area contributed by atoms with Crippen LogP contribution in [0.4, 0.5) is 0 Å². The molecule has 1 aliphatic rings. The second-order valence-corrected chi connectivity index (χ2v) is 4.99. The van der Waals surface area contributed by atoms with Gasteiger partial charge in [-0.25, -0.2) is 0 Å². The number of amides is 1. The molecule has 3 nitrogen and oxygen atoms in total. The van der Waals surface area contributed by atoms with Crippen LogP contribution in [-0.4, -0.2) is 18.5 Å². The molecule has 0 aromatic heterocycles. The van der Waals surface area contributed by atoms with Gasteiger partial charge in [0.25, 0.3) is 0 Å².